The summed E-state index contributed by atoms with van der Waals surface area (Å²) in [6.07, 6.45) is 6.16. The average Bonchev–Trinajstić information content (AvgIpc) is 2.77. The summed E-state index contributed by atoms with van der Waals surface area (Å²) in [4.78, 5) is 8.38. The average molecular weight is 441 g/mol. The van der Waals surface area contributed by atoms with Crippen LogP contribution in [0.2, 0.25) is 0 Å². The molecular formula is C22H24N4O4S. The molecule has 0 atom stereocenters. The maximum absolute atomic E-state index is 11.7. The lowest BCUT2D eigenvalue weighted by atomic mass is 10.1. The molecule has 3 aromatic rings. The maximum Gasteiger partial charge on any atom is 0.175 e. The van der Waals surface area contributed by atoms with Gasteiger partial charge < -0.3 is 20.1 Å². The van der Waals surface area contributed by atoms with E-state index in [1.54, 1.807) is 36.5 Å². The van der Waals surface area contributed by atoms with Crippen molar-refractivity contribution in [1.82, 2.24) is 9.97 Å². The van der Waals surface area contributed by atoms with Gasteiger partial charge in [-0.2, -0.15) is 0 Å². The zero-order valence-electron chi connectivity index (χ0n) is 17.1. The monoisotopic (exact) mass is 440 g/mol. The summed E-state index contributed by atoms with van der Waals surface area (Å²) < 4.78 is 34.9. The van der Waals surface area contributed by atoms with Gasteiger partial charge in [0, 0.05) is 37.4 Å². The molecule has 162 valence electrons. The number of benzene rings is 2. The third kappa shape index (κ3) is 5.71. The van der Waals surface area contributed by atoms with Gasteiger partial charge in [-0.05, 0) is 61.4 Å². The van der Waals surface area contributed by atoms with Gasteiger partial charge in [-0.25, -0.2) is 18.4 Å². The van der Waals surface area contributed by atoms with Crippen LogP contribution >= 0.6 is 0 Å². The molecule has 0 aliphatic carbocycles. The van der Waals surface area contributed by atoms with Crippen molar-refractivity contribution in [3.05, 3.63) is 61.1 Å². The van der Waals surface area contributed by atoms with E-state index in [-0.39, 0.29) is 10.9 Å². The summed E-state index contributed by atoms with van der Waals surface area (Å²) in [7, 11) is -3.25. The lowest BCUT2D eigenvalue weighted by Gasteiger charge is -2.25. The minimum atomic E-state index is -3.25. The van der Waals surface area contributed by atoms with E-state index >= 15 is 0 Å². The van der Waals surface area contributed by atoms with Crippen molar-refractivity contribution in [3.63, 3.8) is 0 Å². The molecule has 4 rings (SSSR count). The zero-order valence-corrected chi connectivity index (χ0v) is 17.9. The van der Waals surface area contributed by atoms with Crippen LogP contribution < -0.4 is 15.4 Å². The number of hydrogen-bond donors (Lipinski definition) is 2. The number of aromatic nitrogens is 2. The molecule has 1 saturated heterocycles. The molecule has 0 spiro atoms. The second kappa shape index (κ2) is 9.32. The van der Waals surface area contributed by atoms with Gasteiger partial charge in [-0.3, -0.25) is 0 Å². The second-order valence-corrected chi connectivity index (χ2v) is 9.32. The van der Waals surface area contributed by atoms with Crippen LogP contribution in [-0.4, -0.2) is 43.9 Å². The van der Waals surface area contributed by atoms with Gasteiger partial charge in [0.15, 0.2) is 15.6 Å². The molecule has 1 fully saturated rings. The molecule has 0 radical (unpaired) electrons. The van der Waals surface area contributed by atoms with Gasteiger partial charge in [0.25, 0.3) is 0 Å². The van der Waals surface area contributed by atoms with E-state index in [1.165, 1.54) is 12.6 Å². The Morgan fingerprint density at radius 3 is 2.52 bits per heavy atom. The summed E-state index contributed by atoms with van der Waals surface area (Å²) >= 11 is 0. The fraction of sp³-hybridized carbons (Fsp3) is 0.273. The topological polar surface area (TPSA) is 102 Å². The number of nitrogens with zero attached hydrogens (tertiary/aromatic N) is 2. The quantitative estimate of drug-likeness (QED) is 0.568. The van der Waals surface area contributed by atoms with Crippen LogP contribution in [0, 0.1) is 0 Å². The largest absolute Gasteiger partial charge is 0.455 e. The van der Waals surface area contributed by atoms with Gasteiger partial charge >= 0.3 is 0 Å². The first-order valence-corrected chi connectivity index (χ1v) is 11.9. The molecule has 1 aliphatic heterocycles. The number of ether oxygens (including phenoxy) is 2. The molecular weight excluding hydrogens is 416 g/mol. The number of rotatable bonds is 7. The van der Waals surface area contributed by atoms with Crippen LogP contribution in [0.1, 0.15) is 12.8 Å². The first kappa shape index (κ1) is 21.1. The molecule has 2 N–H and O–H groups in total. The minimum absolute atomic E-state index is 0.254. The molecule has 0 saturated carbocycles. The SMILES string of the molecule is CS(=O)(=O)c1ccc(Oc2ccc(Nc3ccncn3)cc2NC2CCOCC2)cc1. The van der Waals surface area contributed by atoms with Crippen LogP contribution in [0.5, 0.6) is 11.5 Å². The predicted octanol–water partition coefficient (Wildman–Crippen LogP) is 4.01. The Kier molecular flexibility index (Phi) is 6.34. The van der Waals surface area contributed by atoms with E-state index in [0.717, 1.165) is 37.4 Å². The molecule has 9 heteroatoms. The van der Waals surface area contributed by atoms with Gasteiger partial charge in [0.1, 0.15) is 17.9 Å². The smallest absolute Gasteiger partial charge is 0.175 e. The fourth-order valence-electron chi connectivity index (χ4n) is 3.27. The Morgan fingerprint density at radius 1 is 1.06 bits per heavy atom. The van der Waals surface area contributed by atoms with Crippen molar-refractivity contribution in [2.45, 2.75) is 23.8 Å². The highest BCUT2D eigenvalue weighted by molar-refractivity contribution is 7.90. The van der Waals surface area contributed by atoms with Crippen LogP contribution in [0.3, 0.4) is 0 Å². The van der Waals surface area contributed by atoms with Crippen molar-refractivity contribution in [2.24, 2.45) is 0 Å². The molecule has 0 unspecified atom stereocenters. The van der Waals surface area contributed by atoms with Crippen LogP contribution in [-0.2, 0) is 14.6 Å². The molecule has 31 heavy (non-hydrogen) atoms. The normalized spacial score (nSPS) is 14.7. The van der Waals surface area contributed by atoms with Gasteiger partial charge in [0.05, 0.1) is 10.6 Å². The van der Waals surface area contributed by atoms with E-state index in [2.05, 4.69) is 20.6 Å². The summed E-state index contributed by atoms with van der Waals surface area (Å²) in [6, 6.07) is 14.2. The van der Waals surface area contributed by atoms with Crippen molar-refractivity contribution >= 4 is 27.0 Å². The summed E-state index contributed by atoms with van der Waals surface area (Å²) in [5, 5.41) is 6.82. The maximum atomic E-state index is 11.7. The molecule has 1 aromatic heterocycles. The number of sulfone groups is 1. The lowest BCUT2D eigenvalue weighted by Crippen LogP contribution is -2.28. The molecule has 2 heterocycles. The van der Waals surface area contributed by atoms with Crippen molar-refractivity contribution in [1.29, 1.82) is 0 Å². The van der Waals surface area contributed by atoms with Crippen molar-refractivity contribution < 1.29 is 17.9 Å². The molecule has 1 aliphatic rings. The zero-order chi connectivity index (χ0) is 21.7. The van der Waals surface area contributed by atoms with Crippen LogP contribution in [0.25, 0.3) is 0 Å². The van der Waals surface area contributed by atoms with Gasteiger partial charge in [-0.1, -0.05) is 0 Å². The van der Waals surface area contributed by atoms with E-state index in [4.69, 9.17) is 9.47 Å². The Hall–Kier alpha value is -3.17. The Bertz CT molecular complexity index is 1120. The third-order valence-electron chi connectivity index (χ3n) is 4.89. The van der Waals surface area contributed by atoms with Crippen LogP contribution in [0.15, 0.2) is 66.0 Å². The molecule has 2 aromatic carbocycles. The molecule has 8 nitrogen and oxygen atoms in total. The lowest BCUT2D eigenvalue weighted by molar-refractivity contribution is 0.0904. The van der Waals surface area contributed by atoms with E-state index < -0.39 is 9.84 Å². The second-order valence-electron chi connectivity index (χ2n) is 7.31. The highest BCUT2D eigenvalue weighted by Crippen LogP contribution is 2.34. The Balaban J connectivity index is 1.58. The van der Waals surface area contributed by atoms with E-state index in [0.29, 0.717) is 17.3 Å². The highest BCUT2D eigenvalue weighted by Gasteiger charge is 2.17. The molecule has 0 bridgehead atoms. The first-order valence-electron chi connectivity index (χ1n) is 9.97. The van der Waals surface area contributed by atoms with Crippen molar-refractivity contribution in [2.75, 3.05) is 30.1 Å². The third-order valence-corrected chi connectivity index (χ3v) is 6.02. The van der Waals surface area contributed by atoms with Gasteiger partial charge in [-0.15, -0.1) is 0 Å². The highest BCUT2D eigenvalue weighted by atomic mass is 32.2. The number of hydrogen-bond acceptors (Lipinski definition) is 8. The summed E-state index contributed by atoms with van der Waals surface area (Å²) in [5.41, 5.74) is 1.69. The fourth-order valence-corrected chi connectivity index (χ4v) is 3.90. The van der Waals surface area contributed by atoms with E-state index in [1.807, 2.05) is 18.2 Å². The van der Waals surface area contributed by atoms with Crippen molar-refractivity contribution in [3.8, 4) is 11.5 Å². The van der Waals surface area contributed by atoms with Crippen LogP contribution in [0.4, 0.5) is 17.2 Å². The predicted molar refractivity (Wildman–Crippen MR) is 119 cm³/mol. The molecule has 0 amide bonds. The summed E-state index contributed by atoms with van der Waals surface area (Å²) in [5.74, 6) is 1.89. The van der Waals surface area contributed by atoms with Gasteiger partial charge in [0.2, 0.25) is 0 Å². The standard InChI is InChI=1S/C22H24N4O4S/c1-31(27,28)19-5-3-18(4-6-19)30-21-7-2-17(26-22-8-11-23-15-24-22)14-20(21)25-16-9-12-29-13-10-16/h2-8,11,14-16,25H,9-10,12-13H2,1H3,(H,23,24,26). The summed E-state index contributed by atoms with van der Waals surface area (Å²) in [6.45, 7) is 1.44. The first-order chi connectivity index (χ1) is 15.0. The number of anilines is 3. The number of nitrogens with one attached hydrogen (secondary N) is 2. The Morgan fingerprint density at radius 2 is 1.84 bits per heavy atom. The minimum Gasteiger partial charge on any atom is -0.455 e. The Labute approximate surface area is 181 Å². The van der Waals surface area contributed by atoms with E-state index in [9.17, 15) is 8.42 Å².